The molecule has 0 radical (unpaired) electrons. The van der Waals surface area contributed by atoms with Gasteiger partial charge in [0.2, 0.25) is 0 Å². The number of aryl methyl sites for hydroxylation is 3. The van der Waals surface area contributed by atoms with Crippen LogP contribution in [0.5, 0.6) is 0 Å². The van der Waals surface area contributed by atoms with E-state index in [1.54, 1.807) is 0 Å². The van der Waals surface area contributed by atoms with Crippen molar-refractivity contribution in [2.45, 2.75) is 40.3 Å². The van der Waals surface area contributed by atoms with Crippen LogP contribution >= 0.6 is 15.9 Å². The molecule has 1 unspecified atom stereocenters. The normalized spacial score (nSPS) is 12.7. The molecule has 0 aliphatic heterocycles. The number of halogens is 1. The van der Waals surface area contributed by atoms with Crippen molar-refractivity contribution in [3.8, 4) is 0 Å². The highest BCUT2D eigenvalue weighted by molar-refractivity contribution is 9.10. The Morgan fingerprint density at radius 2 is 2.00 bits per heavy atom. The summed E-state index contributed by atoms with van der Waals surface area (Å²) in [5.74, 6) is 0. The average molecular weight is 373 g/mol. The van der Waals surface area contributed by atoms with Crippen molar-refractivity contribution in [1.82, 2.24) is 19.9 Å². The van der Waals surface area contributed by atoms with E-state index in [1.807, 2.05) is 23.7 Å². The largest absolute Gasteiger partial charge is 0.306 e. The van der Waals surface area contributed by atoms with Gasteiger partial charge in [-0.2, -0.15) is 5.10 Å². The Labute approximate surface area is 145 Å². The zero-order chi connectivity index (χ0) is 16.6. The maximum Gasteiger partial charge on any atom is 0.155 e. The van der Waals surface area contributed by atoms with Crippen LogP contribution in [0.2, 0.25) is 0 Å². The fourth-order valence-corrected chi connectivity index (χ4v) is 3.05. The van der Waals surface area contributed by atoms with E-state index in [4.69, 9.17) is 0 Å². The summed E-state index contributed by atoms with van der Waals surface area (Å²) in [4.78, 5) is 4.52. The lowest BCUT2D eigenvalue weighted by atomic mass is 10.1. The summed E-state index contributed by atoms with van der Waals surface area (Å²) in [6, 6.07) is 8.65. The minimum Gasteiger partial charge on any atom is -0.306 e. The second kappa shape index (κ2) is 6.42. The zero-order valence-electron chi connectivity index (χ0n) is 13.9. The maximum absolute atomic E-state index is 4.52. The number of hydrogen-bond donors (Lipinski definition) is 1. The summed E-state index contributed by atoms with van der Waals surface area (Å²) in [7, 11) is 0. The van der Waals surface area contributed by atoms with Crippen LogP contribution in [0.25, 0.3) is 5.65 Å². The minimum absolute atomic E-state index is 0.209. The van der Waals surface area contributed by atoms with Crippen molar-refractivity contribution >= 4 is 21.6 Å². The van der Waals surface area contributed by atoms with Crippen LogP contribution < -0.4 is 5.32 Å². The Kier molecular flexibility index (Phi) is 4.50. The molecule has 2 aromatic heterocycles. The molecule has 0 saturated carbocycles. The lowest BCUT2D eigenvalue weighted by Crippen LogP contribution is -2.20. The molecule has 1 aromatic carbocycles. The highest BCUT2D eigenvalue weighted by Crippen LogP contribution is 2.20. The molecule has 1 N–H and O–H groups in total. The number of benzene rings is 1. The number of nitrogens with one attached hydrogen (secondary N) is 1. The summed E-state index contributed by atoms with van der Waals surface area (Å²) in [5.41, 5.74) is 6.73. The fraction of sp³-hybridized carbons (Fsp3) is 0.333. The van der Waals surface area contributed by atoms with Gasteiger partial charge < -0.3 is 5.32 Å². The lowest BCUT2D eigenvalue weighted by molar-refractivity contribution is 0.565. The van der Waals surface area contributed by atoms with E-state index in [0.29, 0.717) is 0 Å². The molecule has 3 rings (SSSR count). The zero-order valence-corrected chi connectivity index (χ0v) is 15.5. The SMILES string of the molecule is Cc1cc2ncc(C(C)NCc3ccc(Br)c(C)c3)c(C)n2n1. The summed E-state index contributed by atoms with van der Waals surface area (Å²) < 4.78 is 3.07. The Balaban J connectivity index is 1.78. The molecular weight excluding hydrogens is 352 g/mol. The Bertz CT molecular complexity index is 854. The van der Waals surface area contributed by atoms with E-state index >= 15 is 0 Å². The van der Waals surface area contributed by atoms with Gasteiger partial charge in [0, 0.05) is 40.6 Å². The molecule has 5 heteroatoms. The minimum atomic E-state index is 0.209. The predicted octanol–water partition coefficient (Wildman–Crippen LogP) is 4.27. The van der Waals surface area contributed by atoms with E-state index < -0.39 is 0 Å². The van der Waals surface area contributed by atoms with Gasteiger partial charge in [-0.25, -0.2) is 9.50 Å². The molecule has 1 atom stereocenters. The van der Waals surface area contributed by atoms with Crippen LogP contribution in [0.1, 0.15) is 41.0 Å². The molecule has 0 aliphatic rings. The molecule has 0 bridgehead atoms. The topological polar surface area (TPSA) is 42.2 Å². The maximum atomic E-state index is 4.52. The molecule has 0 fully saturated rings. The van der Waals surface area contributed by atoms with Gasteiger partial charge in [0.25, 0.3) is 0 Å². The highest BCUT2D eigenvalue weighted by atomic mass is 79.9. The van der Waals surface area contributed by atoms with Gasteiger partial charge in [-0.15, -0.1) is 0 Å². The second-order valence-corrected chi connectivity index (χ2v) is 6.90. The van der Waals surface area contributed by atoms with Gasteiger partial charge >= 0.3 is 0 Å². The van der Waals surface area contributed by atoms with E-state index in [-0.39, 0.29) is 6.04 Å². The van der Waals surface area contributed by atoms with Gasteiger partial charge in [0.05, 0.1) is 5.69 Å². The second-order valence-electron chi connectivity index (χ2n) is 6.04. The van der Waals surface area contributed by atoms with Gasteiger partial charge in [-0.3, -0.25) is 0 Å². The molecule has 2 heterocycles. The van der Waals surface area contributed by atoms with E-state index in [0.717, 1.165) is 28.1 Å². The first-order chi connectivity index (χ1) is 11.0. The Hall–Kier alpha value is -1.72. The number of rotatable bonds is 4. The third-order valence-electron chi connectivity index (χ3n) is 4.19. The third kappa shape index (κ3) is 3.31. The summed E-state index contributed by atoms with van der Waals surface area (Å²) in [6.07, 6.45) is 1.95. The van der Waals surface area contributed by atoms with Crippen molar-refractivity contribution in [1.29, 1.82) is 0 Å². The molecule has 0 saturated heterocycles. The molecule has 0 amide bonds. The first kappa shape index (κ1) is 16.1. The van der Waals surface area contributed by atoms with Crippen molar-refractivity contribution in [3.63, 3.8) is 0 Å². The lowest BCUT2D eigenvalue weighted by Gasteiger charge is -2.17. The molecule has 120 valence electrons. The van der Waals surface area contributed by atoms with Gasteiger partial charge in [-0.05, 0) is 44.9 Å². The average Bonchev–Trinajstić information content (AvgIpc) is 2.90. The van der Waals surface area contributed by atoms with Crippen LogP contribution in [-0.2, 0) is 6.54 Å². The quantitative estimate of drug-likeness (QED) is 0.743. The monoisotopic (exact) mass is 372 g/mol. The molecule has 0 aliphatic carbocycles. The first-order valence-electron chi connectivity index (χ1n) is 7.76. The number of aromatic nitrogens is 3. The highest BCUT2D eigenvalue weighted by Gasteiger charge is 2.13. The molecular formula is C18H21BrN4. The van der Waals surface area contributed by atoms with Crippen LogP contribution in [-0.4, -0.2) is 14.6 Å². The molecule has 3 aromatic rings. The van der Waals surface area contributed by atoms with Crippen molar-refractivity contribution < 1.29 is 0 Å². The van der Waals surface area contributed by atoms with E-state index in [9.17, 15) is 0 Å². The van der Waals surface area contributed by atoms with Crippen LogP contribution in [0.4, 0.5) is 0 Å². The Morgan fingerprint density at radius 3 is 2.74 bits per heavy atom. The summed E-state index contributed by atoms with van der Waals surface area (Å²) in [5, 5.41) is 8.09. The van der Waals surface area contributed by atoms with E-state index in [1.165, 1.54) is 16.7 Å². The van der Waals surface area contributed by atoms with Crippen molar-refractivity contribution in [3.05, 3.63) is 63.0 Å². The van der Waals surface area contributed by atoms with E-state index in [2.05, 4.69) is 70.3 Å². The standard InChI is InChI=1S/C18H21BrN4/c1-11-7-15(5-6-17(11)19)9-20-13(3)16-10-21-18-8-12(2)22-23(18)14(16)4/h5-8,10,13,20H,9H2,1-4H3. The molecule has 4 nitrogen and oxygen atoms in total. The molecule has 0 spiro atoms. The predicted molar refractivity (Wildman–Crippen MR) is 96.6 cm³/mol. The first-order valence-corrected chi connectivity index (χ1v) is 8.55. The van der Waals surface area contributed by atoms with Gasteiger partial charge in [0.1, 0.15) is 0 Å². The fourth-order valence-electron chi connectivity index (χ4n) is 2.80. The number of nitrogens with zero attached hydrogens (tertiary/aromatic N) is 3. The molecule has 23 heavy (non-hydrogen) atoms. The smallest absolute Gasteiger partial charge is 0.155 e. The van der Waals surface area contributed by atoms with Crippen molar-refractivity contribution in [2.75, 3.05) is 0 Å². The summed E-state index contributed by atoms with van der Waals surface area (Å²) in [6.45, 7) is 9.19. The van der Waals surface area contributed by atoms with Crippen LogP contribution in [0, 0.1) is 20.8 Å². The third-order valence-corrected chi connectivity index (χ3v) is 5.08. The number of hydrogen-bond acceptors (Lipinski definition) is 3. The Morgan fingerprint density at radius 1 is 1.22 bits per heavy atom. The summed E-state index contributed by atoms with van der Waals surface area (Å²) >= 11 is 3.54. The van der Waals surface area contributed by atoms with Crippen LogP contribution in [0.15, 0.2) is 34.9 Å². The van der Waals surface area contributed by atoms with Gasteiger partial charge in [0.15, 0.2) is 5.65 Å². The van der Waals surface area contributed by atoms with Crippen molar-refractivity contribution in [2.24, 2.45) is 0 Å². The van der Waals surface area contributed by atoms with Crippen LogP contribution in [0.3, 0.4) is 0 Å². The van der Waals surface area contributed by atoms with Gasteiger partial charge in [-0.1, -0.05) is 28.1 Å². The number of fused-ring (bicyclic) bond motifs is 1.